The molecule has 0 spiro atoms. The highest BCUT2D eigenvalue weighted by Gasteiger charge is 2.12. The maximum absolute atomic E-state index is 13.5. The first-order valence-corrected chi connectivity index (χ1v) is 5.77. The van der Waals surface area contributed by atoms with E-state index in [0.717, 1.165) is 17.8 Å². The second-order valence-corrected chi connectivity index (χ2v) is 4.48. The van der Waals surface area contributed by atoms with Gasteiger partial charge in [-0.25, -0.2) is 8.78 Å². The van der Waals surface area contributed by atoms with Gasteiger partial charge in [0.1, 0.15) is 11.6 Å². The van der Waals surface area contributed by atoms with Crippen molar-refractivity contribution >= 4 is 21.6 Å². The fourth-order valence-electron chi connectivity index (χ4n) is 1.45. The zero-order valence-electron chi connectivity index (χ0n) is 8.97. The molecular formula is C11H10BrF2N3. The normalized spacial score (nSPS) is 12.5. The number of nitrogens with one attached hydrogen (secondary N) is 2. The van der Waals surface area contributed by atoms with E-state index in [9.17, 15) is 8.78 Å². The lowest BCUT2D eigenvalue weighted by molar-refractivity contribution is 0.594. The smallest absolute Gasteiger partial charge is 0.147 e. The number of aromatic nitrogens is 2. The van der Waals surface area contributed by atoms with Crippen molar-refractivity contribution in [1.29, 1.82) is 0 Å². The first-order valence-electron chi connectivity index (χ1n) is 4.98. The van der Waals surface area contributed by atoms with Gasteiger partial charge >= 0.3 is 0 Å². The third-order valence-corrected chi connectivity index (χ3v) is 2.98. The SMILES string of the molecule is CC(Nc1cc(F)c(Br)cc1F)c1ccn[nH]1. The van der Waals surface area contributed by atoms with Crippen LogP contribution in [-0.2, 0) is 0 Å². The molecule has 1 unspecified atom stereocenters. The molecule has 0 radical (unpaired) electrons. The highest BCUT2D eigenvalue weighted by Crippen LogP contribution is 2.26. The molecule has 3 nitrogen and oxygen atoms in total. The highest BCUT2D eigenvalue weighted by atomic mass is 79.9. The third-order valence-electron chi connectivity index (χ3n) is 2.37. The maximum Gasteiger partial charge on any atom is 0.147 e. The standard InChI is InChI=1S/C11H10BrF2N3/c1-6(10-2-3-15-17-10)16-11-5-8(13)7(12)4-9(11)14/h2-6,16H,1H3,(H,15,17). The molecule has 0 saturated heterocycles. The maximum atomic E-state index is 13.5. The second kappa shape index (κ2) is 4.83. The van der Waals surface area contributed by atoms with Gasteiger partial charge in [0.05, 0.1) is 21.9 Å². The molecular weight excluding hydrogens is 292 g/mol. The summed E-state index contributed by atoms with van der Waals surface area (Å²) in [6, 6.07) is 3.79. The zero-order valence-corrected chi connectivity index (χ0v) is 10.6. The van der Waals surface area contributed by atoms with E-state index in [1.807, 2.05) is 6.92 Å². The summed E-state index contributed by atoms with van der Waals surface area (Å²) in [4.78, 5) is 0. The molecule has 0 saturated carbocycles. The predicted octanol–water partition coefficient (Wildman–Crippen LogP) is 3.62. The number of hydrogen-bond acceptors (Lipinski definition) is 2. The van der Waals surface area contributed by atoms with Crippen molar-refractivity contribution in [3.63, 3.8) is 0 Å². The molecule has 0 aliphatic carbocycles. The van der Waals surface area contributed by atoms with E-state index in [-0.39, 0.29) is 16.2 Å². The van der Waals surface area contributed by atoms with Gasteiger partial charge in [-0.1, -0.05) is 0 Å². The van der Waals surface area contributed by atoms with Gasteiger partial charge in [0.15, 0.2) is 0 Å². The van der Waals surface area contributed by atoms with Crippen molar-refractivity contribution in [3.8, 4) is 0 Å². The van der Waals surface area contributed by atoms with Crippen LogP contribution in [-0.4, -0.2) is 10.2 Å². The van der Waals surface area contributed by atoms with Crippen molar-refractivity contribution in [2.24, 2.45) is 0 Å². The number of benzene rings is 1. The highest BCUT2D eigenvalue weighted by molar-refractivity contribution is 9.10. The van der Waals surface area contributed by atoms with Crippen molar-refractivity contribution in [1.82, 2.24) is 10.2 Å². The topological polar surface area (TPSA) is 40.7 Å². The summed E-state index contributed by atoms with van der Waals surface area (Å²) in [6.07, 6.45) is 1.60. The summed E-state index contributed by atoms with van der Waals surface area (Å²) in [7, 11) is 0. The fraction of sp³-hybridized carbons (Fsp3) is 0.182. The van der Waals surface area contributed by atoms with Crippen molar-refractivity contribution in [2.75, 3.05) is 5.32 Å². The first kappa shape index (κ1) is 12.0. The van der Waals surface area contributed by atoms with Crippen LogP contribution in [0.4, 0.5) is 14.5 Å². The lowest BCUT2D eigenvalue weighted by Gasteiger charge is -2.14. The molecule has 1 heterocycles. The van der Waals surface area contributed by atoms with Gasteiger partial charge in [-0.2, -0.15) is 5.10 Å². The molecule has 17 heavy (non-hydrogen) atoms. The molecule has 0 amide bonds. The van der Waals surface area contributed by atoms with Crippen LogP contribution in [0, 0.1) is 11.6 Å². The second-order valence-electron chi connectivity index (χ2n) is 3.62. The summed E-state index contributed by atoms with van der Waals surface area (Å²) in [6.45, 7) is 1.83. The summed E-state index contributed by atoms with van der Waals surface area (Å²) in [5.41, 5.74) is 0.917. The Morgan fingerprint density at radius 1 is 1.35 bits per heavy atom. The summed E-state index contributed by atoms with van der Waals surface area (Å²) in [5.74, 6) is -1.02. The van der Waals surface area contributed by atoms with Crippen molar-refractivity contribution in [2.45, 2.75) is 13.0 Å². The molecule has 1 aromatic carbocycles. The van der Waals surface area contributed by atoms with Crippen LogP contribution in [0.2, 0.25) is 0 Å². The molecule has 0 aliphatic rings. The van der Waals surface area contributed by atoms with Crippen molar-refractivity contribution in [3.05, 3.63) is 46.2 Å². The first-order chi connectivity index (χ1) is 8.08. The molecule has 2 rings (SSSR count). The Morgan fingerprint density at radius 2 is 2.12 bits per heavy atom. The molecule has 90 valence electrons. The Labute approximate surface area is 105 Å². The van der Waals surface area contributed by atoms with Crippen LogP contribution in [0.15, 0.2) is 28.9 Å². The van der Waals surface area contributed by atoms with Crippen LogP contribution in [0.1, 0.15) is 18.7 Å². The summed E-state index contributed by atoms with van der Waals surface area (Å²) in [5, 5.41) is 9.44. The predicted molar refractivity (Wildman–Crippen MR) is 64.7 cm³/mol. The van der Waals surface area contributed by atoms with Gasteiger partial charge in [0.25, 0.3) is 0 Å². The largest absolute Gasteiger partial charge is 0.375 e. The summed E-state index contributed by atoms with van der Waals surface area (Å²) >= 11 is 2.93. The van der Waals surface area contributed by atoms with Crippen molar-refractivity contribution < 1.29 is 8.78 Å². The van der Waals surface area contributed by atoms with Gasteiger partial charge in [0.2, 0.25) is 0 Å². The molecule has 1 atom stereocenters. The summed E-state index contributed by atoms with van der Waals surface area (Å²) < 4.78 is 26.9. The lowest BCUT2D eigenvalue weighted by Crippen LogP contribution is -2.08. The minimum Gasteiger partial charge on any atom is -0.375 e. The van der Waals surface area contributed by atoms with Crippen LogP contribution in [0.5, 0.6) is 0 Å². The number of aromatic amines is 1. The Morgan fingerprint density at radius 3 is 2.76 bits per heavy atom. The van der Waals surface area contributed by atoms with E-state index < -0.39 is 11.6 Å². The van der Waals surface area contributed by atoms with E-state index in [2.05, 4.69) is 31.4 Å². The Kier molecular flexibility index (Phi) is 3.42. The fourth-order valence-corrected chi connectivity index (χ4v) is 1.77. The number of anilines is 1. The molecule has 0 fully saturated rings. The van der Waals surface area contributed by atoms with E-state index in [0.29, 0.717) is 0 Å². The Bertz CT molecular complexity index is 514. The van der Waals surface area contributed by atoms with E-state index in [4.69, 9.17) is 0 Å². The number of nitrogens with zero attached hydrogens (tertiary/aromatic N) is 1. The van der Waals surface area contributed by atoms with Crippen LogP contribution in [0.3, 0.4) is 0 Å². The molecule has 0 aliphatic heterocycles. The van der Waals surface area contributed by atoms with Gasteiger partial charge in [-0.15, -0.1) is 0 Å². The Balaban J connectivity index is 2.22. The average molecular weight is 302 g/mol. The lowest BCUT2D eigenvalue weighted by atomic mass is 10.2. The third kappa shape index (κ3) is 2.63. The quantitative estimate of drug-likeness (QED) is 0.850. The number of hydrogen-bond donors (Lipinski definition) is 2. The van der Waals surface area contributed by atoms with E-state index in [1.54, 1.807) is 12.3 Å². The van der Waals surface area contributed by atoms with Gasteiger partial charge in [-0.05, 0) is 35.0 Å². The minimum atomic E-state index is -0.510. The van der Waals surface area contributed by atoms with E-state index in [1.165, 1.54) is 0 Å². The average Bonchev–Trinajstić information content (AvgIpc) is 2.79. The molecule has 6 heteroatoms. The van der Waals surface area contributed by atoms with E-state index >= 15 is 0 Å². The van der Waals surface area contributed by atoms with Gasteiger partial charge in [-0.3, -0.25) is 5.10 Å². The number of H-pyrrole nitrogens is 1. The number of halogens is 3. The molecule has 0 bridgehead atoms. The molecule has 2 aromatic rings. The van der Waals surface area contributed by atoms with Crippen LogP contribution < -0.4 is 5.32 Å². The monoisotopic (exact) mass is 301 g/mol. The minimum absolute atomic E-state index is 0.106. The van der Waals surface area contributed by atoms with Crippen LogP contribution >= 0.6 is 15.9 Å². The molecule has 1 aromatic heterocycles. The molecule has 2 N–H and O–H groups in total. The van der Waals surface area contributed by atoms with Crippen LogP contribution in [0.25, 0.3) is 0 Å². The van der Waals surface area contributed by atoms with Gasteiger partial charge < -0.3 is 5.32 Å². The number of rotatable bonds is 3. The van der Waals surface area contributed by atoms with Gasteiger partial charge in [0, 0.05) is 12.3 Å². The zero-order chi connectivity index (χ0) is 12.4. The Hall–Kier alpha value is -1.43.